The van der Waals surface area contributed by atoms with Gasteiger partial charge in [-0.15, -0.1) is 24.0 Å². The minimum atomic E-state index is 0. The Morgan fingerprint density at radius 1 is 1.40 bits per heavy atom. The molecule has 0 bridgehead atoms. The molecule has 0 saturated heterocycles. The highest BCUT2D eigenvalue weighted by molar-refractivity contribution is 14.0. The fourth-order valence-corrected chi connectivity index (χ4v) is 1.48. The van der Waals surface area contributed by atoms with Crippen molar-refractivity contribution in [3.8, 4) is 5.75 Å². The normalized spacial score (nSPS) is 11.1. The summed E-state index contributed by atoms with van der Waals surface area (Å²) in [5.74, 6) is 1.91. The van der Waals surface area contributed by atoms with Crippen LogP contribution in [0.4, 0.5) is 0 Å². The molecule has 5 heteroatoms. The smallest absolute Gasteiger partial charge is 0.188 e. The lowest BCUT2D eigenvalue weighted by Crippen LogP contribution is -2.32. The summed E-state index contributed by atoms with van der Waals surface area (Å²) in [5.41, 5.74) is 6.85. The molecular formula is C15H26IN3O. The van der Waals surface area contributed by atoms with Gasteiger partial charge in [0.25, 0.3) is 0 Å². The summed E-state index contributed by atoms with van der Waals surface area (Å²) >= 11 is 0. The molecule has 4 nitrogen and oxygen atoms in total. The molecule has 114 valence electrons. The molecule has 20 heavy (non-hydrogen) atoms. The molecular weight excluding hydrogens is 365 g/mol. The molecule has 0 fully saturated rings. The molecule has 1 rings (SSSR count). The van der Waals surface area contributed by atoms with Crippen molar-refractivity contribution in [2.75, 3.05) is 13.2 Å². The van der Waals surface area contributed by atoms with Gasteiger partial charge in [0.15, 0.2) is 5.96 Å². The third kappa shape index (κ3) is 8.24. The van der Waals surface area contributed by atoms with Gasteiger partial charge in [-0.25, -0.2) is 4.99 Å². The molecule has 0 unspecified atom stereocenters. The number of rotatable bonds is 7. The SMILES string of the molecule is CCCNC(N)=NCc1cccc(OCC(C)C)c1.I. The number of benzene rings is 1. The van der Waals surface area contributed by atoms with Crippen molar-refractivity contribution in [2.24, 2.45) is 16.6 Å². The van der Waals surface area contributed by atoms with E-state index in [9.17, 15) is 0 Å². The number of halogens is 1. The van der Waals surface area contributed by atoms with Crippen LogP contribution in [0.25, 0.3) is 0 Å². The van der Waals surface area contributed by atoms with E-state index >= 15 is 0 Å². The summed E-state index contributed by atoms with van der Waals surface area (Å²) in [5, 5.41) is 3.05. The van der Waals surface area contributed by atoms with Gasteiger partial charge in [0.2, 0.25) is 0 Å². The molecule has 0 amide bonds. The van der Waals surface area contributed by atoms with Crippen LogP contribution in [-0.2, 0) is 6.54 Å². The zero-order chi connectivity index (χ0) is 14.1. The fraction of sp³-hybridized carbons (Fsp3) is 0.533. The minimum absolute atomic E-state index is 0. The maximum atomic E-state index is 5.75. The van der Waals surface area contributed by atoms with Gasteiger partial charge in [-0.2, -0.15) is 0 Å². The van der Waals surface area contributed by atoms with Crippen LogP contribution in [0, 0.1) is 5.92 Å². The first-order chi connectivity index (χ1) is 9.11. The van der Waals surface area contributed by atoms with E-state index in [1.54, 1.807) is 0 Å². The van der Waals surface area contributed by atoms with Gasteiger partial charge in [-0.1, -0.05) is 32.9 Å². The molecule has 0 aliphatic carbocycles. The zero-order valence-corrected chi connectivity index (χ0v) is 14.9. The van der Waals surface area contributed by atoms with Crippen LogP contribution >= 0.6 is 24.0 Å². The summed E-state index contributed by atoms with van der Waals surface area (Å²) in [7, 11) is 0. The largest absolute Gasteiger partial charge is 0.493 e. The predicted octanol–water partition coefficient (Wildman–Crippen LogP) is 3.15. The Hall–Kier alpha value is -0.980. The number of guanidine groups is 1. The number of aliphatic imine (C=N–C) groups is 1. The van der Waals surface area contributed by atoms with Crippen LogP contribution in [0.3, 0.4) is 0 Å². The Bertz CT molecular complexity index is 408. The van der Waals surface area contributed by atoms with Crippen molar-refractivity contribution < 1.29 is 4.74 Å². The number of hydrogen-bond donors (Lipinski definition) is 2. The van der Waals surface area contributed by atoms with E-state index in [1.165, 1.54) is 0 Å². The molecule has 0 spiro atoms. The maximum Gasteiger partial charge on any atom is 0.188 e. The summed E-state index contributed by atoms with van der Waals surface area (Å²) in [6, 6.07) is 7.99. The van der Waals surface area contributed by atoms with E-state index < -0.39 is 0 Å². The lowest BCUT2D eigenvalue weighted by Gasteiger charge is -2.09. The van der Waals surface area contributed by atoms with Gasteiger partial charge in [0, 0.05) is 6.54 Å². The van der Waals surface area contributed by atoms with E-state index in [2.05, 4.69) is 31.1 Å². The third-order valence-electron chi connectivity index (χ3n) is 2.47. The van der Waals surface area contributed by atoms with Gasteiger partial charge in [0.1, 0.15) is 5.75 Å². The molecule has 0 radical (unpaired) electrons. The Labute approximate surface area is 139 Å². The topological polar surface area (TPSA) is 59.6 Å². The molecule has 0 atom stereocenters. The van der Waals surface area contributed by atoms with Gasteiger partial charge in [-0.3, -0.25) is 0 Å². The maximum absolute atomic E-state index is 5.75. The molecule has 1 aromatic rings. The standard InChI is InChI=1S/C15H25N3O.HI/c1-4-8-17-15(16)18-10-13-6-5-7-14(9-13)19-11-12(2)3;/h5-7,9,12H,4,8,10-11H2,1-3H3,(H3,16,17,18);1H. The van der Waals surface area contributed by atoms with Crippen molar-refractivity contribution >= 4 is 29.9 Å². The average Bonchev–Trinajstić information content (AvgIpc) is 2.41. The van der Waals surface area contributed by atoms with Crippen molar-refractivity contribution in [2.45, 2.75) is 33.7 Å². The van der Waals surface area contributed by atoms with Crippen molar-refractivity contribution in [3.05, 3.63) is 29.8 Å². The average molecular weight is 391 g/mol. The lowest BCUT2D eigenvalue weighted by atomic mass is 10.2. The van der Waals surface area contributed by atoms with Crippen molar-refractivity contribution in [1.82, 2.24) is 5.32 Å². The summed E-state index contributed by atoms with van der Waals surface area (Å²) < 4.78 is 5.68. The van der Waals surface area contributed by atoms with Crippen molar-refractivity contribution in [1.29, 1.82) is 0 Å². The molecule has 0 aliphatic rings. The van der Waals surface area contributed by atoms with E-state index in [1.807, 2.05) is 24.3 Å². The highest BCUT2D eigenvalue weighted by Crippen LogP contribution is 2.14. The van der Waals surface area contributed by atoms with Gasteiger partial charge < -0.3 is 15.8 Å². The summed E-state index contributed by atoms with van der Waals surface area (Å²) in [6.45, 7) is 8.51. The number of nitrogens with two attached hydrogens (primary N) is 1. The Kier molecular flexibility index (Phi) is 10.2. The highest BCUT2D eigenvalue weighted by Gasteiger charge is 1.99. The minimum Gasteiger partial charge on any atom is -0.493 e. The van der Waals surface area contributed by atoms with E-state index in [4.69, 9.17) is 10.5 Å². The quantitative estimate of drug-likeness (QED) is 0.427. The van der Waals surface area contributed by atoms with Gasteiger partial charge in [-0.05, 0) is 30.0 Å². The first kappa shape index (κ1) is 19.0. The van der Waals surface area contributed by atoms with Gasteiger partial charge in [0.05, 0.1) is 13.2 Å². The Balaban J connectivity index is 0.00000361. The lowest BCUT2D eigenvalue weighted by molar-refractivity contribution is 0.271. The molecule has 0 aromatic heterocycles. The van der Waals surface area contributed by atoms with Crippen LogP contribution in [0.15, 0.2) is 29.3 Å². The van der Waals surface area contributed by atoms with E-state index in [-0.39, 0.29) is 24.0 Å². The number of hydrogen-bond acceptors (Lipinski definition) is 2. The molecule has 0 heterocycles. The number of nitrogens with one attached hydrogen (secondary N) is 1. The summed E-state index contributed by atoms with van der Waals surface area (Å²) in [6.07, 6.45) is 1.04. The first-order valence-corrected chi connectivity index (χ1v) is 6.87. The molecule has 0 aliphatic heterocycles. The van der Waals surface area contributed by atoms with Crippen LogP contribution in [-0.4, -0.2) is 19.1 Å². The van der Waals surface area contributed by atoms with Crippen LogP contribution in [0.1, 0.15) is 32.8 Å². The second kappa shape index (κ2) is 10.8. The van der Waals surface area contributed by atoms with Gasteiger partial charge >= 0.3 is 0 Å². The second-order valence-electron chi connectivity index (χ2n) is 4.98. The van der Waals surface area contributed by atoms with Crippen LogP contribution < -0.4 is 15.8 Å². The number of nitrogens with zero attached hydrogens (tertiary/aromatic N) is 1. The molecule has 0 saturated carbocycles. The summed E-state index contributed by atoms with van der Waals surface area (Å²) in [4.78, 5) is 4.30. The Morgan fingerprint density at radius 2 is 2.15 bits per heavy atom. The first-order valence-electron chi connectivity index (χ1n) is 6.87. The van der Waals surface area contributed by atoms with Crippen LogP contribution in [0.5, 0.6) is 5.75 Å². The van der Waals surface area contributed by atoms with E-state index in [0.717, 1.165) is 30.9 Å². The fourth-order valence-electron chi connectivity index (χ4n) is 1.48. The second-order valence-corrected chi connectivity index (χ2v) is 4.98. The number of ether oxygens (including phenoxy) is 1. The zero-order valence-electron chi connectivity index (χ0n) is 12.6. The Morgan fingerprint density at radius 3 is 2.80 bits per heavy atom. The predicted molar refractivity (Wildman–Crippen MR) is 95.8 cm³/mol. The third-order valence-corrected chi connectivity index (χ3v) is 2.47. The molecule has 1 aromatic carbocycles. The van der Waals surface area contributed by atoms with Crippen LogP contribution in [0.2, 0.25) is 0 Å². The van der Waals surface area contributed by atoms with E-state index in [0.29, 0.717) is 18.4 Å². The van der Waals surface area contributed by atoms with Crippen molar-refractivity contribution in [3.63, 3.8) is 0 Å². The highest BCUT2D eigenvalue weighted by atomic mass is 127. The monoisotopic (exact) mass is 391 g/mol. The molecule has 3 N–H and O–H groups in total.